The van der Waals surface area contributed by atoms with Crippen LogP contribution in [0, 0.1) is 0 Å². The van der Waals surface area contributed by atoms with Crippen molar-refractivity contribution >= 4 is 22.2 Å². The van der Waals surface area contributed by atoms with E-state index in [1.165, 1.54) is 21.8 Å². The number of amides is 1. The standard InChI is InChI=1S/C11H12N4O2S/c16-9-7-14(2-1-12-9)6-8-5-10(17)15-3-4-18-11(15)13-8/h3-5H,1-2,6-7H2,(H,12,16). The van der Waals surface area contributed by atoms with Crippen LogP contribution in [-0.2, 0) is 11.3 Å². The molecule has 2 aromatic rings. The first kappa shape index (κ1) is 11.4. The molecule has 2 aromatic heterocycles. The van der Waals surface area contributed by atoms with Crippen molar-refractivity contribution in [2.75, 3.05) is 19.6 Å². The van der Waals surface area contributed by atoms with Gasteiger partial charge in [-0.1, -0.05) is 0 Å². The van der Waals surface area contributed by atoms with Gasteiger partial charge in [0.2, 0.25) is 5.91 Å². The molecule has 1 N–H and O–H groups in total. The second-order valence-electron chi connectivity index (χ2n) is 4.20. The van der Waals surface area contributed by atoms with Crippen LogP contribution in [0.3, 0.4) is 0 Å². The largest absolute Gasteiger partial charge is 0.354 e. The molecule has 18 heavy (non-hydrogen) atoms. The van der Waals surface area contributed by atoms with E-state index in [1.54, 1.807) is 6.20 Å². The van der Waals surface area contributed by atoms with Crippen LogP contribution in [0.25, 0.3) is 4.96 Å². The lowest BCUT2D eigenvalue weighted by atomic mass is 10.3. The Kier molecular flexibility index (Phi) is 2.85. The highest BCUT2D eigenvalue weighted by atomic mass is 32.1. The van der Waals surface area contributed by atoms with Crippen molar-refractivity contribution in [3.05, 3.63) is 33.7 Å². The second kappa shape index (κ2) is 4.51. The van der Waals surface area contributed by atoms with Gasteiger partial charge in [-0.15, -0.1) is 11.3 Å². The van der Waals surface area contributed by atoms with Crippen LogP contribution in [0.2, 0.25) is 0 Å². The number of nitrogens with zero attached hydrogens (tertiary/aromatic N) is 3. The molecule has 7 heteroatoms. The Balaban J connectivity index is 1.86. The van der Waals surface area contributed by atoms with E-state index in [0.717, 1.165) is 12.2 Å². The average Bonchev–Trinajstić information content (AvgIpc) is 2.77. The maximum atomic E-state index is 11.8. The van der Waals surface area contributed by atoms with E-state index in [9.17, 15) is 9.59 Å². The summed E-state index contributed by atoms with van der Waals surface area (Å²) in [5, 5.41) is 4.61. The van der Waals surface area contributed by atoms with Crippen LogP contribution >= 0.6 is 11.3 Å². The van der Waals surface area contributed by atoms with Crippen LogP contribution in [0.15, 0.2) is 22.4 Å². The molecule has 0 atom stereocenters. The number of carbonyl (C=O) groups excluding carboxylic acids is 1. The summed E-state index contributed by atoms with van der Waals surface area (Å²) in [6.45, 7) is 2.35. The molecule has 0 aromatic carbocycles. The molecule has 1 aliphatic heterocycles. The summed E-state index contributed by atoms with van der Waals surface area (Å²) in [5.41, 5.74) is 0.648. The summed E-state index contributed by atoms with van der Waals surface area (Å²) in [6.07, 6.45) is 1.72. The number of hydrogen-bond donors (Lipinski definition) is 1. The fourth-order valence-corrected chi connectivity index (χ4v) is 2.76. The Morgan fingerprint density at radius 3 is 3.17 bits per heavy atom. The Hall–Kier alpha value is -1.73. The highest BCUT2D eigenvalue weighted by Gasteiger charge is 2.17. The molecule has 0 saturated carbocycles. The van der Waals surface area contributed by atoms with E-state index in [1.807, 2.05) is 10.3 Å². The van der Waals surface area contributed by atoms with Crippen molar-refractivity contribution in [1.82, 2.24) is 19.6 Å². The average molecular weight is 264 g/mol. The lowest BCUT2D eigenvalue weighted by Crippen LogP contribution is -2.47. The van der Waals surface area contributed by atoms with E-state index in [-0.39, 0.29) is 11.5 Å². The van der Waals surface area contributed by atoms with Crippen molar-refractivity contribution in [3.8, 4) is 0 Å². The first-order chi connectivity index (χ1) is 8.72. The van der Waals surface area contributed by atoms with Gasteiger partial charge in [-0.2, -0.15) is 0 Å². The van der Waals surface area contributed by atoms with Crippen molar-refractivity contribution in [3.63, 3.8) is 0 Å². The number of carbonyl (C=O) groups is 1. The Morgan fingerprint density at radius 2 is 2.33 bits per heavy atom. The van der Waals surface area contributed by atoms with Crippen LogP contribution in [0.5, 0.6) is 0 Å². The molecule has 0 unspecified atom stereocenters. The first-order valence-corrected chi connectivity index (χ1v) is 6.55. The molecule has 94 valence electrons. The van der Waals surface area contributed by atoms with Gasteiger partial charge in [-0.25, -0.2) is 4.98 Å². The maximum absolute atomic E-state index is 11.8. The monoisotopic (exact) mass is 264 g/mol. The molecule has 0 radical (unpaired) electrons. The molecule has 0 bridgehead atoms. The number of nitrogens with one attached hydrogen (secondary N) is 1. The van der Waals surface area contributed by atoms with Crippen LogP contribution in [-0.4, -0.2) is 39.8 Å². The number of rotatable bonds is 2. The zero-order valence-corrected chi connectivity index (χ0v) is 10.4. The molecule has 3 heterocycles. The van der Waals surface area contributed by atoms with Gasteiger partial charge < -0.3 is 5.32 Å². The lowest BCUT2D eigenvalue weighted by Gasteiger charge is -2.25. The molecule has 0 aliphatic carbocycles. The zero-order chi connectivity index (χ0) is 12.5. The predicted octanol–water partition coefficient (Wildman–Crippen LogP) is -0.312. The molecule has 1 saturated heterocycles. The van der Waals surface area contributed by atoms with Gasteiger partial charge in [0.1, 0.15) is 0 Å². The van der Waals surface area contributed by atoms with E-state index < -0.39 is 0 Å². The third kappa shape index (κ3) is 2.14. The topological polar surface area (TPSA) is 66.7 Å². The molecule has 0 spiro atoms. The van der Waals surface area contributed by atoms with Crippen LogP contribution in [0.4, 0.5) is 0 Å². The van der Waals surface area contributed by atoms with Crippen molar-refractivity contribution < 1.29 is 4.79 Å². The van der Waals surface area contributed by atoms with Crippen LogP contribution < -0.4 is 10.9 Å². The molecular formula is C11H12N4O2S. The summed E-state index contributed by atoms with van der Waals surface area (Å²) < 4.78 is 1.52. The number of hydrogen-bond acceptors (Lipinski definition) is 5. The van der Waals surface area contributed by atoms with Gasteiger partial charge in [-0.05, 0) is 0 Å². The minimum Gasteiger partial charge on any atom is -0.354 e. The number of aromatic nitrogens is 2. The Morgan fingerprint density at radius 1 is 1.44 bits per heavy atom. The Labute approximate surface area is 107 Å². The van der Waals surface area contributed by atoms with Crippen molar-refractivity contribution in [2.45, 2.75) is 6.54 Å². The van der Waals surface area contributed by atoms with Gasteiger partial charge >= 0.3 is 0 Å². The lowest BCUT2D eigenvalue weighted by molar-refractivity contribution is -0.124. The molecule has 1 aliphatic rings. The summed E-state index contributed by atoms with van der Waals surface area (Å²) in [6, 6.07) is 1.53. The molecule has 6 nitrogen and oxygen atoms in total. The van der Waals surface area contributed by atoms with E-state index >= 15 is 0 Å². The first-order valence-electron chi connectivity index (χ1n) is 5.67. The molecule has 1 fully saturated rings. The van der Waals surface area contributed by atoms with Crippen LogP contribution in [0.1, 0.15) is 5.69 Å². The van der Waals surface area contributed by atoms with Gasteiger partial charge in [0.05, 0.1) is 12.2 Å². The predicted molar refractivity (Wildman–Crippen MR) is 67.6 cm³/mol. The fraction of sp³-hybridized carbons (Fsp3) is 0.364. The SMILES string of the molecule is O=C1CN(Cc2cc(=O)n3ccsc3n2)CCN1. The van der Waals surface area contributed by atoms with Gasteiger partial charge in [0.15, 0.2) is 4.96 Å². The minimum absolute atomic E-state index is 0.0233. The molecular weight excluding hydrogens is 252 g/mol. The fourth-order valence-electron chi connectivity index (χ4n) is 2.02. The normalized spacial score (nSPS) is 17.0. The third-order valence-electron chi connectivity index (χ3n) is 2.86. The zero-order valence-electron chi connectivity index (χ0n) is 9.63. The van der Waals surface area contributed by atoms with E-state index in [0.29, 0.717) is 24.6 Å². The maximum Gasteiger partial charge on any atom is 0.258 e. The van der Waals surface area contributed by atoms with Crippen molar-refractivity contribution in [2.24, 2.45) is 0 Å². The van der Waals surface area contributed by atoms with Gasteiger partial charge in [0, 0.05) is 37.3 Å². The summed E-state index contributed by atoms with van der Waals surface area (Å²) in [7, 11) is 0. The van der Waals surface area contributed by atoms with E-state index in [2.05, 4.69) is 10.3 Å². The second-order valence-corrected chi connectivity index (χ2v) is 5.07. The van der Waals surface area contributed by atoms with Gasteiger partial charge in [0.25, 0.3) is 5.56 Å². The third-order valence-corrected chi connectivity index (χ3v) is 3.62. The quantitative estimate of drug-likeness (QED) is 0.808. The van der Waals surface area contributed by atoms with Gasteiger partial charge in [-0.3, -0.25) is 18.9 Å². The minimum atomic E-state index is -0.0716. The highest BCUT2D eigenvalue weighted by molar-refractivity contribution is 7.15. The summed E-state index contributed by atoms with van der Waals surface area (Å²) in [4.78, 5) is 30.2. The number of fused-ring (bicyclic) bond motifs is 1. The smallest absolute Gasteiger partial charge is 0.258 e. The molecule has 3 rings (SSSR count). The summed E-state index contributed by atoms with van der Waals surface area (Å²) in [5.74, 6) is 0.0233. The molecule has 1 amide bonds. The van der Waals surface area contributed by atoms with E-state index in [4.69, 9.17) is 0 Å². The summed E-state index contributed by atoms with van der Waals surface area (Å²) >= 11 is 1.43. The Bertz CT molecular complexity index is 648. The highest BCUT2D eigenvalue weighted by Crippen LogP contribution is 2.08. The number of thiazole rings is 1. The number of piperazine rings is 1. The van der Waals surface area contributed by atoms with Crippen molar-refractivity contribution in [1.29, 1.82) is 0 Å².